The first kappa shape index (κ1) is 15.6. The molecule has 6 N–H and O–H groups in total. The van der Waals surface area contributed by atoms with Crippen molar-refractivity contribution in [1.82, 2.24) is 6.15 Å². The van der Waals surface area contributed by atoms with Gasteiger partial charge in [0.25, 0.3) is 0 Å². The number of hydrogen-bond acceptors (Lipinski definition) is 2. The van der Waals surface area contributed by atoms with Crippen molar-refractivity contribution in [3.8, 4) is 0 Å². The number of rotatable bonds is 0. The standard InChI is InChI=1S/Li.H3N.H3O4P.H/c;;1-5(2,3)4;/h;1H3;(H3,1,2,3,4);/q+1;;;-1. The molecule has 0 saturated heterocycles. The maximum atomic E-state index is 8.88. The molecule has 0 aliphatic rings. The summed E-state index contributed by atoms with van der Waals surface area (Å²) in [5.74, 6) is 0. The van der Waals surface area contributed by atoms with E-state index >= 15 is 0 Å². The minimum absolute atomic E-state index is 0. The van der Waals surface area contributed by atoms with Crippen molar-refractivity contribution in [2.75, 3.05) is 0 Å². The van der Waals surface area contributed by atoms with Crippen LogP contribution in [0.2, 0.25) is 0 Å². The largest absolute Gasteiger partial charge is 1.00 e. The van der Waals surface area contributed by atoms with Gasteiger partial charge in [-0.2, -0.15) is 0 Å². The molecule has 7 heavy (non-hydrogen) atoms. The molecule has 0 atom stereocenters. The Balaban J connectivity index is -0.0000000267. The van der Waals surface area contributed by atoms with Gasteiger partial charge in [-0.1, -0.05) is 0 Å². The molecule has 0 bridgehead atoms. The Labute approximate surface area is 54.2 Å². The fraction of sp³-hybridized carbons (Fsp3) is 0. The smallest absolute Gasteiger partial charge is 1.00 e. The third-order valence-electron chi connectivity index (χ3n) is 0. The maximum Gasteiger partial charge on any atom is 1.00 e. The molecule has 0 unspecified atom stereocenters. The van der Waals surface area contributed by atoms with Crippen LogP contribution in [0.3, 0.4) is 0 Å². The van der Waals surface area contributed by atoms with Crippen molar-refractivity contribution in [2.45, 2.75) is 0 Å². The Morgan fingerprint density at radius 3 is 1.29 bits per heavy atom. The fourth-order valence-corrected chi connectivity index (χ4v) is 0. The van der Waals surface area contributed by atoms with Gasteiger partial charge >= 0.3 is 26.7 Å². The molecule has 0 aromatic carbocycles. The van der Waals surface area contributed by atoms with Gasteiger partial charge in [0.15, 0.2) is 0 Å². The summed E-state index contributed by atoms with van der Waals surface area (Å²) in [6, 6.07) is 0. The van der Waals surface area contributed by atoms with E-state index in [1.807, 2.05) is 0 Å². The van der Waals surface area contributed by atoms with Gasteiger partial charge < -0.3 is 22.3 Å². The van der Waals surface area contributed by atoms with Crippen molar-refractivity contribution in [1.29, 1.82) is 0 Å². The Morgan fingerprint density at radius 1 is 1.29 bits per heavy atom. The average Bonchev–Trinajstić information content (AvgIpc) is 0.722. The molecule has 0 rings (SSSR count). The molecule has 42 valence electrons. The number of phosphoric acid groups is 1. The SMILES string of the molecule is N.O=P(O)(O)O.[H-].[Li+]. The predicted octanol–water partition coefficient (Wildman–Crippen LogP) is -3.65. The van der Waals surface area contributed by atoms with Gasteiger partial charge in [0.1, 0.15) is 0 Å². The van der Waals surface area contributed by atoms with E-state index in [-0.39, 0.29) is 26.4 Å². The van der Waals surface area contributed by atoms with Crippen LogP contribution in [-0.4, -0.2) is 14.7 Å². The summed E-state index contributed by atoms with van der Waals surface area (Å²) in [6.45, 7) is 0. The molecule has 0 aromatic heterocycles. The molecule has 0 heterocycles. The Morgan fingerprint density at radius 2 is 1.29 bits per heavy atom. The van der Waals surface area contributed by atoms with E-state index in [1.165, 1.54) is 0 Å². The van der Waals surface area contributed by atoms with Crippen LogP contribution < -0.4 is 25.0 Å². The summed E-state index contributed by atoms with van der Waals surface area (Å²) < 4.78 is 8.88. The summed E-state index contributed by atoms with van der Waals surface area (Å²) in [5, 5.41) is 0. The first-order valence-electron chi connectivity index (χ1n) is 0.783. The Bertz CT molecular complexity index is 62.2. The predicted molar refractivity (Wildman–Crippen MR) is 20.4 cm³/mol. The minimum atomic E-state index is -4.64. The Hall–Kier alpha value is 0.667. The van der Waals surface area contributed by atoms with Gasteiger partial charge in [-0.3, -0.25) is 0 Å². The van der Waals surface area contributed by atoms with Crippen molar-refractivity contribution >= 4 is 7.82 Å². The quantitative estimate of drug-likeness (QED) is 0.196. The molecule has 5 nitrogen and oxygen atoms in total. The average molecular weight is 123 g/mol. The van der Waals surface area contributed by atoms with Gasteiger partial charge in [0, 0.05) is 0 Å². The maximum absolute atomic E-state index is 8.88. The van der Waals surface area contributed by atoms with Gasteiger partial charge in [-0.15, -0.1) is 0 Å². The summed E-state index contributed by atoms with van der Waals surface area (Å²) in [4.78, 5) is 21.6. The second-order valence-corrected chi connectivity index (χ2v) is 1.54. The summed E-state index contributed by atoms with van der Waals surface area (Å²) in [6.07, 6.45) is 0. The van der Waals surface area contributed by atoms with E-state index in [0.717, 1.165) is 0 Å². The molecule has 0 radical (unpaired) electrons. The molecule has 0 saturated carbocycles. The van der Waals surface area contributed by atoms with E-state index in [2.05, 4.69) is 0 Å². The topological polar surface area (TPSA) is 113 Å². The summed E-state index contributed by atoms with van der Waals surface area (Å²) >= 11 is 0. The van der Waals surface area contributed by atoms with Crippen LogP contribution in [0, 0.1) is 0 Å². The fourth-order valence-electron chi connectivity index (χ4n) is 0. The zero-order valence-corrected chi connectivity index (χ0v) is 4.80. The van der Waals surface area contributed by atoms with Crippen LogP contribution in [0.4, 0.5) is 0 Å². The van der Waals surface area contributed by atoms with Crippen molar-refractivity contribution in [3.63, 3.8) is 0 Å². The zero-order valence-electron chi connectivity index (χ0n) is 4.90. The van der Waals surface area contributed by atoms with Crippen LogP contribution in [0.1, 0.15) is 1.43 Å². The van der Waals surface area contributed by atoms with Crippen molar-refractivity contribution in [2.24, 2.45) is 0 Å². The van der Waals surface area contributed by atoms with Gasteiger partial charge in [-0.05, 0) is 0 Å². The molecule has 0 amide bonds. The van der Waals surface area contributed by atoms with Gasteiger partial charge in [0.2, 0.25) is 0 Å². The van der Waals surface area contributed by atoms with Crippen LogP contribution in [-0.2, 0) is 4.57 Å². The summed E-state index contributed by atoms with van der Waals surface area (Å²) in [7, 11) is -4.64. The van der Waals surface area contributed by atoms with Crippen molar-refractivity contribution in [3.05, 3.63) is 0 Å². The zero-order chi connectivity index (χ0) is 4.50. The molecular formula is H7LiNO4P. The molecule has 0 spiro atoms. The summed E-state index contributed by atoms with van der Waals surface area (Å²) in [5.41, 5.74) is 0. The van der Waals surface area contributed by atoms with Crippen LogP contribution in [0.15, 0.2) is 0 Å². The van der Waals surface area contributed by atoms with E-state index in [4.69, 9.17) is 19.2 Å². The first-order chi connectivity index (χ1) is 2.00. The molecule has 0 aliphatic carbocycles. The van der Waals surface area contributed by atoms with Gasteiger partial charge in [-0.25, -0.2) is 4.57 Å². The van der Waals surface area contributed by atoms with Crippen LogP contribution in [0.25, 0.3) is 0 Å². The monoisotopic (exact) mass is 123 g/mol. The molecule has 7 heteroatoms. The molecule has 0 fully saturated rings. The van der Waals surface area contributed by atoms with E-state index in [9.17, 15) is 0 Å². The Kier molecular flexibility index (Phi) is 10.8. The normalized spacial score (nSPS) is 8.43. The van der Waals surface area contributed by atoms with Crippen LogP contribution in [0.5, 0.6) is 0 Å². The van der Waals surface area contributed by atoms with E-state index < -0.39 is 7.82 Å². The third-order valence-corrected chi connectivity index (χ3v) is 0. The first-order valence-corrected chi connectivity index (χ1v) is 2.35. The molecule has 0 aliphatic heterocycles. The van der Waals surface area contributed by atoms with Crippen LogP contribution >= 0.6 is 7.82 Å². The minimum Gasteiger partial charge on any atom is -1.00 e. The number of hydrogen-bond donors (Lipinski definition) is 4. The molecule has 0 aromatic rings. The van der Waals surface area contributed by atoms with E-state index in [0.29, 0.717) is 0 Å². The van der Waals surface area contributed by atoms with Gasteiger partial charge in [0.05, 0.1) is 0 Å². The second-order valence-electron chi connectivity index (χ2n) is 0.513. The molecular weight excluding hydrogens is 116 g/mol. The third kappa shape index (κ3) is 326. The van der Waals surface area contributed by atoms with E-state index in [1.54, 1.807) is 0 Å². The van der Waals surface area contributed by atoms with Crippen molar-refractivity contribution < 1.29 is 39.5 Å². The second kappa shape index (κ2) is 4.82.